The number of amidine groups is 3. The summed E-state index contributed by atoms with van der Waals surface area (Å²) in [5.74, 6) is 0.874. The number of nitrogens with one attached hydrogen (secondary N) is 1. The van der Waals surface area contributed by atoms with Gasteiger partial charge in [0.1, 0.15) is 97.7 Å². The minimum Gasteiger partial charge on any atom is -0.388 e. The molecule has 4 aliphatic rings. The average molecular weight is 1070 g/mol. The molecule has 4 saturated heterocycles. The van der Waals surface area contributed by atoms with Crippen molar-refractivity contribution >= 4 is 23.4 Å². The Kier molecular flexibility index (Phi) is 30.2. The first kappa shape index (κ1) is 65.4. The monoisotopic (exact) mass is 1070 g/mol. The van der Waals surface area contributed by atoms with Crippen LogP contribution in [-0.2, 0) is 33.2 Å². The molecule has 19 N–H and O–H groups in total. The summed E-state index contributed by atoms with van der Waals surface area (Å²) in [6, 6.07) is 0. The zero-order valence-electron chi connectivity index (χ0n) is 43.5. The number of unbranched alkanes of at least 4 members (excludes halogenated alkanes) is 8. The van der Waals surface area contributed by atoms with E-state index in [1.54, 1.807) is 0 Å². The molecule has 4 rings (SSSR count). The summed E-state index contributed by atoms with van der Waals surface area (Å²) in [6.45, 7) is 7.77. The Morgan fingerprint density at radius 1 is 0.392 bits per heavy atom. The number of nitrogens with zero attached hydrogens (tertiary/aromatic N) is 3. The molecule has 4 heterocycles. The van der Waals surface area contributed by atoms with E-state index < -0.39 is 123 Å². The van der Waals surface area contributed by atoms with Crippen molar-refractivity contribution in [3.63, 3.8) is 0 Å². The van der Waals surface area contributed by atoms with Gasteiger partial charge in [0.15, 0.2) is 25.2 Å². The molecule has 0 bridgehead atoms. The largest absolute Gasteiger partial charge is 0.388 e. The van der Waals surface area contributed by atoms with Gasteiger partial charge in [-0.05, 0) is 25.7 Å². The van der Waals surface area contributed by atoms with E-state index in [1.807, 2.05) is 6.92 Å². The number of carbonyl (C=O) groups is 1. The molecule has 432 valence electrons. The quantitative estimate of drug-likeness (QED) is 0.0208. The number of hydrogen-bond donors (Lipinski definition) is 16. The molecule has 0 radical (unpaired) electrons. The predicted octanol–water partition coefficient (Wildman–Crippen LogP) is -3.25. The smallest absolute Gasteiger partial charge is 0.220 e. The molecule has 0 spiro atoms. The van der Waals surface area contributed by atoms with Crippen LogP contribution < -0.4 is 22.5 Å². The van der Waals surface area contributed by atoms with Crippen molar-refractivity contribution in [2.75, 3.05) is 26.2 Å². The topological polar surface area (TPSA) is 442 Å². The van der Waals surface area contributed by atoms with E-state index >= 15 is 0 Å². The van der Waals surface area contributed by atoms with Gasteiger partial charge in [-0.2, -0.15) is 0 Å². The van der Waals surface area contributed by atoms with Crippen LogP contribution in [0, 0.1) is 0 Å². The van der Waals surface area contributed by atoms with E-state index in [1.165, 1.54) is 0 Å². The SMILES string of the molecule is CCCCCC(=O)NC[C@H]1OC(O[C@H]2O[C@H](CN=C(N)CCCCC)[C@@H](O)[C@H](O)[C@H]2O)[C@H](O)[C@@H](O)[C@@H]1O.CCCCCC(N)=NC[C@H]1O[C@H](OC2O[C@H](CN=C(N)CCCCC)[C@@H](O)[C@H](O)[C@H]2O)[C@H](O)[C@@H](O)[C@@H]1O. The molecule has 20 atom stereocenters. The molecule has 0 aromatic carbocycles. The van der Waals surface area contributed by atoms with Crippen molar-refractivity contribution in [2.24, 2.45) is 32.2 Å². The van der Waals surface area contributed by atoms with Gasteiger partial charge < -0.3 is 112 Å². The first-order chi connectivity index (χ1) is 35.2. The maximum absolute atomic E-state index is 12.0. The Bertz CT molecular complexity index is 1620. The molecule has 0 saturated carbocycles. The second-order valence-electron chi connectivity index (χ2n) is 19.5. The fourth-order valence-electron chi connectivity index (χ4n) is 8.37. The lowest BCUT2D eigenvalue weighted by Crippen LogP contribution is -2.64. The highest BCUT2D eigenvalue weighted by molar-refractivity contribution is 5.81. The third kappa shape index (κ3) is 20.5. The minimum atomic E-state index is -1.73. The Morgan fingerprint density at radius 2 is 0.649 bits per heavy atom. The van der Waals surface area contributed by atoms with E-state index in [9.17, 15) is 66.1 Å². The zero-order valence-corrected chi connectivity index (χ0v) is 43.5. The number of carbonyl (C=O) groups excluding carboxylic acids is 1. The fraction of sp³-hybridized carbons (Fsp3) is 0.917. The van der Waals surface area contributed by atoms with Gasteiger partial charge in [0.2, 0.25) is 5.91 Å². The molecule has 26 nitrogen and oxygen atoms in total. The van der Waals surface area contributed by atoms with E-state index in [-0.39, 0.29) is 32.1 Å². The molecule has 26 heteroatoms. The summed E-state index contributed by atoms with van der Waals surface area (Å²) in [6.07, 6.45) is -16.6. The molecule has 2 unspecified atom stereocenters. The second-order valence-corrected chi connectivity index (χ2v) is 19.5. The lowest BCUT2D eigenvalue weighted by atomic mass is 9.97. The Balaban J connectivity index is 0.000000390. The van der Waals surface area contributed by atoms with Crippen molar-refractivity contribution < 1.29 is 94.5 Å². The van der Waals surface area contributed by atoms with Crippen LogP contribution in [0.25, 0.3) is 0 Å². The van der Waals surface area contributed by atoms with Crippen LogP contribution in [0.1, 0.15) is 130 Å². The first-order valence-corrected chi connectivity index (χ1v) is 26.4. The van der Waals surface area contributed by atoms with Crippen molar-refractivity contribution in [3.05, 3.63) is 0 Å². The van der Waals surface area contributed by atoms with Gasteiger partial charge in [-0.1, -0.05) is 79.1 Å². The number of rotatable bonds is 28. The molecule has 4 aliphatic heterocycles. The van der Waals surface area contributed by atoms with Crippen LogP contribution in [0.3, 0.4) is 0 Å². The van der Waals surface area contributed by atoms with Crippen molar-refractivity contribution in [1.29, 1.82) is 0 Å². The third-order valence-corrected chi connectivity index (χ3v) is 13.3. The minimum absolute atomic E-state index is 0.0904. The second kappa shape index (κ2) is 34.1. The molecule has 74 heavy (non-hydrogen) atoms. The number of hydrogen-bond acceptors (Lipinski definition) is 22. The Hall–Kier alpha value is -2.84. The van der Waals surface area contributed by atoms with Crippen molar-refractivity contribution in [3.8, 4) is 0 Å². The van der Waals surface area contributed by atoms with Crippen LogP contribution in [0.15, 0.2) is 15.0 Å². The van der Waals surface area contributed by atoms with E-state index in [0.29, 0.717) is 49.6 Å². The van der Waals surface area contributed by atoms with Crippen molar-refractivity contribution in [1.82, 2.24) is 5.32 Å². The molecule has 1 amide bonds. The standard InChI is InChI=1S/C24H46N4O9.C24H45N3O10/c1-3-5-7-9-15(25)27-11-13-17(29)19(31)21(33)23(35-13)37-24-22(34)20(32)18(30)14(36-24)12-28-16(26)10-8-6-4-2;1-3-5-7-9-15(25)26-11-13-17(29)19(31)21(33)23(35-13)37-24-22(34)20(32)18(30)14(36-24)12-27-16(28)10-8-6-4-2/h13-14,17-24,29-34H,3-12H2,1-2H3,(H2,25,27)(H2,26,28);13-14,17-24,29-34H,3-12H2,1-2H3,(H2,25,26)(H,27,28)/t2*13-,14-,17-,18-,19+,20+,21-,22-,23-,24?/m11/s1. The average Bonchev–Trinajstić information content (AvgIpc) is 3.38. The number of ether oxygens (including phenoxy) is 6. The van der Waals surface area contributed by atoms with Gasteiger partial charge in [0, 0.05) is 32.2 Å². The van der Waals surface area contributed by atoms with Crippen molar-refractivity contribution in [2.45, 2.75) is 253 Å². The number of nitrogens with two attached hydrogens (primary N) is 3. The normalized spacial score (nSPS) is 37.3. The van der Waals surface area contributed by atoms with Crippen LogP contribution in [0.2, 0.25) is 0 Å². The van der Waals surface area contributed by atoms with Gasteiger partial charge in [0.25, 0.3) is 0 Å². The molecular formula is C48H91N7O19. The Labute approximate surface area is 434 Å². The molecule has 0 aromatic heterocycles. The molecule has 4 fully saturated rings. The maximum atomic E-state index is 12.0. The lowest BCUT2D eigenvalue weighted by Gasteiger charge is -2.44. The highest BCUT2D eigenvalue weighted by Gasteiger charge is 2.51. The van der Waals surface area contributed by atoms with E-state index in [4.69, 9.17) is 45.6 Å². The van der Waals surface area contributed by atoms with Gasteiger partial charge in [0.05, 0.1) is 37.1 Å². The van der Waals surface area contributed by atoms with Crippen LogP contribution in [0.4, 0.5) is 0 Å². The third-order valence-electron chi connectivity index (χ3n) is 13.3. The van der Waals surface area contributed by atoms with E-state index in [2.05, 4.69) is 41.1 Å². The number of aliphatic imine (C=N–C) groups is 3. The summed E-state index contributed by atoms with van der Waals surface area (Å²) in [7, 11) is 0. The van der Waals surface area contributed by atoms with Crippen LogP contribution in [0.5, 0.6) is 0 Å². The van der Waals surface area contributed by atoms with Gasteiger partial charge in [-0.3, -0.25) is 19.8 Å². The van der Waals surface area contributed by atoms with E-state index in [0.717, 1.165) is 70.6 Å². The number of aliphatic hydroxyl groups excluding tert-OH is 12. The Morgan fingerprint density at radius 3 is 0.932 bits per heavy atom. The first-order valence-electron chi connectivity index (χ1n) is 26.4. The summed E-state index contributed by atoms with van der Waals surface area (Å²) in [5.41, 5.74) is 17.7. The zero-order chi connectivity index (χ0) is 55.1. The van der Waals surface area contributed by atoms with Gasteiger partial charge in [-0.15, -0.1) is 0 Å². The number of amides is 1. The summed E-state index contributed by atoms with van der Waals surface area (Å²) in [5, 5.41) is 127. The maximum Gasteiger partial charge on any atom is 0.220 e. The summed E-state index contributed by atoms with van der Waals surface area (Å²) < 4.78 is 33.6. The highest BCUT2D eigenvalue weighted by atomic mass is 16.8. The van der Waals surface area contributed by atoms with Gasteiger partial charge in [-0.25, -0.2) is 0 Å². The highest BCUT2D eigenvalue weighted by Crippen LogP contribution is 2.30. The summed E-state index contributed by atoms with van der Waals surface area (Å²) in [4.78, 5) is 24.6. The predicted molar refractivity (Wildman–Crippen MR) is 268 cm³/mol. The molecule has 0 aliphatic carbocycles. The number of aliphatic hydroxyl groups is 12. The summed E-state index contributed by atoms with van der Waals surface area (Å²) >= 11 is 0. The molecule has 0 aromatic rings. The fourth-order valence-corrected chi connectivity index (χ4v) is 8.37. The van der Waals surface area contributed by atoms with Crippen LogP contribution >= 0.6 is 0 Å². The van der Waals surface area contributed by atoms with Crippen LogP contribution in [-0.4, -0.2) is 234 Å². The van der Waals surface area contributed by atoms with Gasteiger partial charge >= 0.3 is 0 Å². The lowest BCUT2D eigenvalue weighted by molar-refractivity contribution is -0.372. The molecular weight excluding hydrogens is 979 g/mol.